The van der Waals surface area contributed by atoms with Crippen LogP contribution < -0.4 is 5.32 Å². The quantitative estimate of drug-likeness (QED) is 0.773. The number of nitrogens with zero attached hydrogens (tertiary/aromatic N) is 2. The molecule has 0 unspecified atom stereocenters. The van der Waals surface area contributed by atoms with Crippen molar-refractivity contribution in [1.82, 2.24) is 9.78 Å². The number of aromatic nitrogens is 2. The fourth-order valence-corrected chi connectivity index (χ4v) is 1.57. The summed E-state index contributed by atoms with van der Waals surface area (Å²) < 4.78 is 1.51. The number of aryl methyl sites for hydroxylation is 2. The lowest BCUT2D eigenvalue weighted by Crippen LogP contribution is -2.16. The van der Waals surface area contributed by atoms with Crippen LogP contribution in [0.5, 0.6) is 5.75 Å². The Morgan fingerprint density at radius 1 is 1.41 bits per heavy atom. The fourth-order valence-electron chi connectivity index (χ4n) is 1.57. The van der Waals surface area contributed by atoms with Gasteiger partial charge in [0.1, 0.15) is 11.4 Å². The van der Waals surface area contributed by atoms with Gasteiger partial charge in [-0.15, -0.1) is 0 Å². The van der Waals surface area contributed by atoms with Crippen molar-refractivity contribution in [3.8, 4) is 5.75 Å². The third-order valence-electron chi connectivity index (χ3n) is 2.51. The van der Waals surface area contributed by atoms with E-state index in [9.17, 15) is 9.90 Å². The number of phenolic OH excluding ortho intramolecular Hbond substituents is 1. The number of benzene rings is 1. The number of hydrogen-bond acceptors (Lipinski definition) is 3. The van der Waals surface area contributed by atoms with Crippen LogP contribution in [0.25, 0.3) is 0 Å². The summed E-state index contributed by atoms with van der Waals surface area (Å²) in [7, 11) is 1.71. The minimum absolute atomic E-state index is 0.182. The van der Waals surface area contributed by atoms with Gasteiger partial charge in [-0.05, 0) is 36.8 Å². The van der Waals surface area contributed by atoms with Gasteiger partial charge in [0.15, 0.2) is 0 Å². The van der Waals surface area contributed by atoms with Crippen LogP contribution >= 0.6 is 0 Å². The highest BCUT2D eigenvalue weighted by atomic mass is 16.3. The van der Waals surface area contributed by atoms with Crippen LogP contribution in [0.3, 0.4) is 0 Å². The van der Waals surface area contributed by atoms with Crippen molar-refractivity contribution in [3.05, 3.63) is 41.7 Å². The van der Waals surface area contributed by atoms with E-state index in [2.05, 4.69) is 10.4 Å². The summed E-state index contributed by atoms with van der Waals surface area (Å²) in [4.78, 5) is 11.9. The Kier molecular flexibility index (Phi) is 2.82. The zero-order valence-corrected chi connectivity index (χ0v) is 9.64. The summed E-state index contributed by atoms with van der Waals surface area (Å²) >= 11 is 0. The first-order valence-corrected chi connectivity index (χ1v) is 5.17. The monoisotopic (exact) mass is 231 g/mol. The van der Waals surface area contributed by atoms with E-state index in [1.165, 1.54) is 10.7 Å². The van der Waals surface area contributed by atoms with Crippen molar-refractivity contribution in [2.75, 3.05) is 5.32 Å². The van der Waals surface area contributed by atoms with Gasteiger partial charge < -0.3 is 10.4 Å². The summed E-state index contributed by atoms with van der Waals surface area (Å²) in [5.74, 6) is -0.0418. The van der Waals surface area contributed by atoms with Crippen molar-refractivity contribution >= 4 is 11.6 Å². The maximum absolute atomic E-state index is 11.9. The largest absolute Gasteiger partial charge is 0.508 e. The minimum atomic E-state index is -0.223. The highest BCUT2D eigenvalue weighted by Crippen LogP contribution is 2.20. The number of hydrogen-bond donors (Lipinski definition) is 2. The van der Waals surface area contributed by atoms with Gasteiger partial charge >= 0.3 is 0 Å². The molecule has 1 aromatic carbocycles. The lowest BCUT2D eigenvalue weighted by Gasteiger charge is -2.08. The minimum Gasteiger partial charge on any atom is -0.508 e. The predicted molar refractivity (Wildman–Crippen MR) is 64.0 cm³/mol. The van der Waals surface area contributed by atoms with Gasteiger partial charge in [0.05, 0.1) is 0 Å². The Morgan fingerprint density at radius 2 is 2.18 bits per heavy atom. The zero-order valence-electron chi connectivity index (χ0n) is 9.64. The molecule has 0 spiro atoms. The molecule has 88 valence electrons. The van der Waals surface area contributed by atoms with Crippen LogP contribution in [-0.4, -0.2) is 20.8 Å². The Labute approximate surface area is 98.7 Å². The lowest BCUT2D eigenvalue weighted by molar-refractivity contribution is 0.101. The second-order valence-electron chi connectivity index (χ2n) is 3.79. The van der Waals surface area contributed by atoms with Crippen LogP contribution in [0.15, 0.2) is 30.5 Å². The van der Waals surface area contributed by atoms with Gasteiger partial charge in [0.2, 0.25) is 0 Å². The topological polar surface area (TPSA) is 67.2 Å². The molecule has 0 fully saturated rings. The van der Waals surface area contributed by atoms with E-state index in [1.807, 2.05) is 6.92 Å². The average molecular weight is 231 g/mol. The van der Waals surface area contributed by atoms with Crippen LogP contribution in [0.1, 0.15) is 16.1 Å². The Balaban J connectivity index is 2.22. The molecule has 0 aliphatic carbocycles. The van der Waals surface area contributed by atoms with E-state index in [0.717, 1.165) is 5.56 Å². The standard InChI is InChI=1S/C12H13N3O2/c1-8-7-9(16)3-4-10(8)14-12(17)11-5-6-13-15(11)2/h3-7,16H,1-2H3,(H,14,17). The number of phenols is 1. The molecule has 1 heterocycles. The molecular formula is C12H13N3O2. The highest BCUT2D eigenvalue weighted by Gasteiger charge is 2.11. The fraction of sp³-hybridized carbons (Fsp3) is 0.167. The van der Waals surface area contributed by atoms with Gasteiger partial charge in [-0.2, -0.15) is 5.10 Å². The molecule has 2 N–H and O–H groups in total. The van der Waals surface area contributed by atoms with Crippen molar-refractivity contribution in [1.29, 1.82) is 0 Å². The first kappa shape index (κ1) is 11.2. The van der Waals surface area contributed by atoms with Gasteiger partial charge in [0, 0.05) is 18.9 Å². The van der Waals surface area contributed by atoms with E-state index in [1.54, 1.807) is 31.4 Å². The normalized spacial score (nSPS) is 10.2. The van der Waals surface area contributed by atoms with Crippen molar-refractivity contribution in [2.24, 2.45) is 7.05 Å². The summed E-state index contributed by atoms with van der Waals surface area (Å²) in [6.45, 7) is 1.82. The molecule has 0 aliphatic rings. The molecule has 0 atom stereocenters. The summed E-state index contributed by atoms with van der Waals surface area (Å²) in [6, 6.07) is 6.44. The molecule has 0 saturated heterocycles. The molecule has 17 heavy (non-hydrogen) atoms. The molecule has 2 rings (SSSR count). The first-order chi connectivity index (χ1) is 8.08. The summed E-state index contributed by atoms with van der Waals surface area (Å²) in [6.07, 6.45) is 1.57. The highest BCUT2D eigenvalue weighted by molar-refractivity contribution is 6.03. The second-order valence-corrected chi connectivity index (χ2v) is 3.79. The molecule has 5 nitrogen and oxygen atoms in total. The van der Waals surface area contributed by atoms with Crippen molar-refractivity contribution in [2.45, 2.75) is 6.92 Å². The number of carbonyl (C=O) groups excluding carboxylic acids is 1. The number of rotatable bonds is 2. The van der Waals surface area contributed by atoms with Gasteiger partial charge in [-0.1, -0.05) is 0 Å². The van der Waals surface area contributed by atoms with Gasteiger partial charge in [-0.3, -0.25) is 9.48 Å². The third-order valence-corrected chi connectivity index (χ3v) is 2.51. The number of amides is 1. The molecule has 0 bridgehead atoms. The molecule has 1 aromatic heterocycles. The van der Waals surface area contributed by atoms with E-state index < -0.39 is 0 Å². The molecule has 0 radical (unpaired) electrons. The van der Waals surface area contributed by atoms with Crippen molar-refractivity contribution in [3.63, 3.8) is 0 Å². The Hall–Kier alpha value is -2.30. The molecule has 5 heteroatoms. The SMILES string of the molecule is Cc1cc(O)ccc1NC(=O)c1ccnn1C. The molecule has 2 aromatic rings. The maximum Gasteiger partial charge on any atom is 0.273 e. The molecule has 0 aliphatic heterocycles. The zero-order chi connectivity index (χ0) is 12.4. The van der Waals surface area contributed by atoms with Gasteiger partial charge in [-0.25, -0.2) is 0 Å². The summed E-state index contributed by atoms with van der Waals surface area (Å²) in [5, 5.41) is 16.0. The number of carbonyl (C=O) groups is 1. The third kappa shape index (κ3) is 2.28. The van der Waals surface area contributed by atoms with Crippen LogP contribution in [0, 0.1) is 6.92 Å². The molecule has 0 saturated carbocycles. The predicted octanol–water partition coefficient (Wildman–Crippen LogP) is 1.69. The maximum atomic E-state index is 11.9. The molecular weight excluding hydrogens is 218 g/mol. The van der Waals surface area contributed by atoms with Crippen LogP contribution in [0.4, 0.5) is 5.69 Å². The lowest BCUT2D eigenvalue weighted by atomic mass is 10.2. The Morgan fingerprint density at radius 3 is 2.76 bits per heavy atom. The van der Waals surface area contributed by atoms with E-state index >= 15 is 0 Å². The van der Waals surface area contributed by atoms with Crippen LogP contribution in [-0.2, 0) is 7.05 Å². The van der Waals surface area contributed by atoms with Crippen LogP contribution in [0.2, 0.25) is 0 Å². The van der Waals surface area contributed by atoms with E-state index in [0.29, 0.717) is 11.4 Å². The number of aromatic hydroxyl groups is 1. The van der Waals surface area contributed by atoms with E-state index in [4.69, 9.17) is 0 Å². The second kappa shape index (κ2) is 4.29. The molecule has 1 amide bonds. The first-order valence-electron chi connectivity index (χ1n) is 5.17. The average Bonchev–Trinajstić information content (AvgIpc) is 2.68. The van der Waals surface area contributed by atoms with Gasteiger partial charge in [0.25, 0.3) is 5.91 Å². The smallest absolute Gasteiger partial charge is 0.273 e. The van der Waals surface area contributed by atoms with Crippen molar-refractivity contribution < 1.29 is 9.90 Å². The Bertz CT molecular complexity index is 561. The van der Waals surface area contributed by atoms with E-state index in [-0.39, 0.29) is 11.7 Å². The number of nitrogens with one attached hydrogen (secondary N) is 1. The summed E-state index contributed by atoms with van der Waals surface area (Å²) in [5.41, 5.74) is 1.96. The number of anilines is 1.